The smallest absolute Gasteiger partial charge is 0.243 e. The lowest BCUT2D eigenvalue weighted by Crippen LogP contribution is -2.22. The molecule has 0 atom stereocenters. The van der Waals surface area contributed by atoms with Crippen LogP contribution >= 0.6 is 0 Å². The first kappa shape index (κ1) is 22.2. The van der Waals surface area contributed by atoms with Crippen molar-refractivity contribution in [2.24, 2.45) is 0 Å². The summed E-state index contributed by atoms with van der Waals surface area (Å²) in [7, 11) is 1.65. The predicted molar refractivity (Wildman–Crippen MR) is 124 cm³/mol. The van der Waals surface area contributed by atoms with Crippen molar-refractivity contribution in [1.29, 1.82) is 0 Å². The van der Waals surface area contributed by atoms with Gasteiger partial charge < -0.3 is 19.4 Å². The van der Waals surface area contributed by atoms with Gasteiger partial charge >= 0.3 is 0 Å². The van der Waals surface area contributed by atoms with E-state index in [9.17, 15) is 4.79 Å². The highest BCUT2D eigenvalue weighted by atomic mass is 16.5. The number of carbonyl (C=O) groups excluding carboxylic acids is 1. The molecule has 6 nitrogen and oxygen atoms in total. The number of fused-ring (bicyclic) bond motifs is 1. The van der Waals surface area contributed by atoms with Crippen molar-refractivity contribution in [3.8, 4) is 11.5 Å². The molecule has 1 aromatic heterocycles. The van der Waals surface area contributed by atoms with Crippen molar-refractivity contribution in [3.63, 3.8) is 0 Å². The van der Waals surface area contributed by atoms with E-state index in [1.54, 1.807) is 7.11 Å². The number of aromatic nitrogens is 2. The number of hydrogen-bond donors (Lipinski definition) is 1. The molecule has 2 aromatic carbocycles. The summed E-state index contributed by atoms with van der Waals surface area (Å²) in [6.45, 7) is 8.97. The summed E-state index contributed by atoms with van der Waals surface area (Å²) in [5, 5.41) is 2.81. The lowest BCUT2D eigenvalue weighted by molar-refractivity contribution is -0.116. The molecule has 0 fully saturated rings. The van der Waals surface area contributed by atoms with Crippen molar-refractivity contribution in [3.05, 3.63) is 79.2 Å². The maximum atomic E-state index is 11.3. The van der Waals surface area contributed by atoms with Crippen molar-refractivity contribution in [2.75, 3.05) is 20.3 Å². The minimum absolute atomic E-state index is 0.157. The van der Waals surface area contributed by atoms with Crippen molar-refractivity contribution in [2.45, 2.75) is 25.8 Å². The summed E-state index contributed by atoms with van der Waals surface area (Å²) < 4.78 is 13.7. The molecule has 0 aliphatic rings. The van der Waals surface area contributed by atoms with Crippen LogP contribution in [0.2, 0.25) is 0 Å². The third-order valence-electron chi connectivity index (χ3n) is 4.98. The predicted octanol–water partition coefficient (Wildman–Crippen LogP) is 4.09. The Morgan fingerprint density at radius 1 is 1.19 bits per heavy atom. The monoisotopic (exact) mass is 419 g/mol. The zero-order chi connectivity index (χ0) is 22.1. The van der Waals surface area contributed by atoms with E-state index in [-0.39, 0.29) is 5.91 Å². The first-order valence-electron chi connectivity index (χ1n) is 10.4. The third-order valence-corrected chi connectivity index (χ3v) is 4.98. The highest BCUT2D eigenvalue weighted by molar-refractivity contribution is 5.86. The van der Waals surface area contributed by atoms with Gasteiger partial charge in [0.05, 0.1) is 24.7 Å². The second-order valence-electron chi connectivity index (χ2n) is 7.09. The molecule has 3 rings (SSSR count). The van der Waals surface area contributed by atoms with E-state index in [1.165, 1.54) is 6.08 Å². The van der Waals surface area contributed by atoms with Gasteiger partial charge in [-0.15, -0.1) is 6.58 Å². The zero-order valence-corrected chi connectivity index (χ0v) is 18.0. The molecule has 1 amide bonds. The van der Waals surface area contributed by atoms with Crippen LogP contribution in [0.3, 0.4) is 0 Å². The fraction of sp³-hybridized carbons (Fsp3) is 0.280. The van der Waals surface area contributed by atoms with Gasteiger partial charge in [0, 0.05) is 13.0 Å². The summed E-state index contributed by atoms with van der Waals surface area (Å²) in [5.41, 5.74) is 3.16. The molecular weight excluding hydrogens is 390 g/mol. The largest absolute Gasteiger partial charge is 0.493 e. The number of amides is 1. The molecule has 0 saturated heterocycles. The van der Waals surface area contributed by atoms with Gasteiger partial charge in [0.15, 0.2) is 11.5 Å². The number of nitrogens with one attached hydrogen (secondary N) is 1. The number of nitrogens with zero attached hydrogens (tertiary/aromatic N) is 2. The summed E-state index contributed by atoms with van der Waals surface area (Å²) in [6, 6.07) is 14.0. The third kappa shape index (κ3) is 5.75. The Labute approximate surface area is 183 Å². The van der Waals surface area contributed by atoms with Crippen LogP contribution in [0, 0.1) is 0 Å². The molecule has 0 aliphatic carbocycles. The minimum Gasteiger partial charge on any atom is -0.493 e. The summed E-state index contributed by atoms with van der Waals surface area (Å²) in [4.78, 5) is 16.1. The van der Waals surface area contributed by atoms with Crippen LogP contribution in [0.25, 0.3) is 11.0 Å². The van der Waals surface area contributed by atoms with Crippen LogP contribution in [-0.2, 0) is 24.2 Å². The molecule has 162 valence electrons. The number of methoxy groups -OCH3 is 1. The van der Waals surface area contributed by atoms with Crippen LogP contribution in [-0.4, -0.2) is 35.7 Å². The molecule has 0 saturated carbocycles. The highest BCUT2D eigenvalue weighted by Crippen LogP contribution is 2.28. The molecule has 0 spiro atoms. The van der Waals surface area contributed by atoms with Gasteiger partial charge in [0.1, 0.15) is 12.4 Å². The van der Waals surface area contributed by atoms with Crippen LogP contribution in [0.5, 0.6) is 11.5 Å². The summed E-state index contributed by atoms with van der Waals surface area (Å²) >= 11 is 0. The molecule has 3 aromatic rings. The number of imidazole rings is 1. The Balaban J connectivity index is 1.68. The molecule has 0 radical (unpaired) electrons. The Morgan fingerprint density at radius 3 is 2.81 bits per heavy atom. The van der Waals surface area contributed by atoms with Crippen LogP contribution < -0.4 is 14.8 Å². The molecule has 0 aliphatic heterocycles. The lowest BCUT2D eigenvalue weighted by atomic mass is 10.1. The first-order chi connectivity index (χ1) is 15.2. The van der Waals surface area contributed by atoms with Gasteiger partial charge in [-0.05, 0) is 48.7 Å². The summed E-state index contributed by atoms with van der Waals surface area (Å²) in [6.07, 6.45) is 5.48. The van der Waals surface area contributed by atoms with Crippen molar-refractivity contribution in [1.82, 2.24) is 14.9 Å². The maximum absolute atomic E-state index is 11.3. The molecular formula is C25H29N3O3. The number of rotatable bonds is 12. The fourth-order valence-electron chi connectivity index (χ4n) is 3.47. The fourth-order valence-corrected chi connectivity index (χ4v) is 3.47. The lowest BCUT2D eigenvalue weighted by Gasteiger charge is -2.14. The minimum atomic E-state index is -0.157. The average molecular weight is 420 g/mol. The molecule has 31 heavy (non-hydrogen) atoms. The quantitative estimate of drug-likeness (QED) is 0.273. The number of benzene rings is 2. The number of carbonyl (C=O) groups is 1. The van der Waals surface area contributed by atoms with E-state index in [1.807, 2.05) is 42.5 Å². The van der Waals surface area contributed by atoms with E-state index in [0.717, 1.165) is 41.7 Å². The number of aryl methyl sites for hydroxylation is 1. The van der Waals surface area contributed by atoms with Crippen LogP contribution in [0.1, 0.15) is 17.8 Å². The van der Waals surface area contributed by atoms with Gasteiger partial charge in [-0.1, -0.05) is 30.9 Å². The molecule has 0 bridgehead atoms. The van der Waals surface area contributed by atoms with E-state index >= 15 is 0 Å². The van der Waals surface area contributed by atoms with Gasteiger partial charge in [-0.25, -0.2) is 4.98 Å². The maximum Gasteiger partial charge on any atom is 0.243 e. The van der Waals surface area contributed by atoms with Crippen molar-refractivity contribution >= 4 is 16.9 Å². The molecule has 1 heterocycles. The van der Waals surface area contributed by atoms with Gasteiger partial charge in [-0.3, -0.25) is 4.79 Å². The Kier molecular flexibility index (Phi) is 7.87. The number of allylic oxidation sites excluding steroid dienone is 1. The molecule has 6 heteroatoms. The molecule has 1 N–H and O–H groups in total. The topological polar surface area (TPSA) is 65.4 Å². The van der Waals surface area contributed by atoms with Gasteiger partial charge in [0.2, 0.25) is 5.91 Å². The number of hydrogen-bond acceptors (Lipinski definition) is 4. The zero-order valence-electron chi connectivity index (χ0n) is 18.0. The number of para-hydroxylation sites is 2. The van der Waals surface area contributed by atoms with Crippen LogP contribution in [0.15, 0.2) is 67.8 Å². The van der Waals surface area contributed by atoms with Gasteiger partial charge in [-0.2, -0.15) is 0 Å². The normalized spacial score (nSPS) is 10.6. The standard InChI is InChI=1S/C25H29N3O3/c1-4-9-19-13-14-22(23(18-19)30-3)31-17-16-28-21-11-7-6-10-20(21)27-24(28)12-8-15-26-25(29)5-2/h4-7,10-11,13-14,18H,1-2,8-9,12,15-17H2,3H3,(H,26,29). The highest BCUT2D eigenvalue weighted by Gasteiger charge is 2.11. The second-order valence-corrected chi connectivity index (χ2v) is 7.09. The Bertz CT molecular complexity index is 1060. The number of ether oxygens (including phenoxy) is 2. The Morgan fingerprint density at radius 2 is 2.03 bits per heavy atom. The first-order valence-corrected chi connectivity index (χ1v) is 10.4. The average Bonchev–Trinajstić information content (AvgIpc) is 3.15. The second kappa shape index (κ2) is 11.0. The Hall–Kier alpha value is -3.54. The van der Waals surface area contributed by atoms with Crippen LogP contribution in [0.4, 0.5) is 0 Å². The van der Waals surface area contributed by atoms with Crippen molar-refractivity contribution < 1.29 is 14.3 Å². The molecule has 0 unspecified atom stereocenters. The van der Waals surface area contributed by atoms with E-state index in [2.05, 4.69) is 29.1 Å². The van der Waals surface area contributed by atoms with E-state index in [0.29, 0.717) is 31.2 Å². The summed E-state index contributed by atoms with van der Waals surface area (Å²) in [5.74, 6) is 2.25. The van der Waals surface area contributed by atoms with E-state index < -0.39 is 0 Å². The van der Waals surface area contributed by atoms with Gasteiger partial charge in [0.25, 0.3) is 0 Å². The van der Waals surface area contributed by atoms with E-state index in [4.69, 9.17) is 14.5 Å². The SMILES string of the molecule is C=CCc1ccc(OCCn2c(CCCNC(=O)C=C)nc3ccccc32)c(OC)c1.